The topological polar surface area (TPSA) is 83.2 Å². The van der Waals surface area contributed by atoms with Crippen LogP contribution in [0.15, 0.2) is 47.1 Å². The van der Waals surface area contributed by atoms with E-state index < -0.39 is 0 Å². The fraction of sp³-hybridized carbons (Fsp3) is 0.250. The molecule has 7 nitrogen and oxygen atoms in total. The van der Waals surface area contributed by atoms with E-state index in [1.807, 2.05) is 34.7 Å². The zero-order valence-corrected chi connectivity index (χ0v) is 18.2. The van der Waals surface area contributed by atoms with Gasteiger partial charge in [-0.2, -0.15) is 5.26 Å². The molecule has 0 N–H and O–H groups in total. The van der Waals surface area contributed by atoms with E-state index in [2.05, 4.69) is 34.2 Å². The highest BCUT2D eigenvalue weighted by Crippen LogP contribution is 2.38. The van der Waals surface area contributed by atoms with Gasteiger partial charge in [0.2, 0.25) is 0 Å². The lowest BCUT2D eigenvalue weighted by Gasteiger charge is -2.33. The van der Waals surface area contributed by atoms with Gasteiger partial charge in [-0.3, -0.25) is 4.40 Å². The number of benzene rings is 2. The lowest BCUT2D eigenvalue weighted by Crippen LogP contribution is -2.33. The fourth-order valence-electron chi connectivity index (χ4n) is 4.74. The van der Waals surface area contributed by atoms with E-state index in [1.54, 1.807) is 6.33 Å². The molecular formula is C24H19ClN6O. The van der Waals surface area contributed by atoms with Gasteiger partial charge in [0.05, 0.1) is 11.2 Å². The van der Waals surface area contributed by atoms with Gasteiger partial charge < -0.3 is 9.32 Å². The summed E-state index contributed by atoms with van der Waals surface area (Å²) < 4.78 is 7.91. The maximum absolute atomic E-state index is 10.0. The Morgan fingerprint density at radius 3 is 2.81 bits per heavy atom. The Kier molecular flexibility index (Phi) is 4.30. The number of rotatable bonds is 2. The van der Waals surface area contributed by atoms with Gasteiger partial charge in [0.25, 0.3) is 0 Å². The molecule has 0 saturated carbocycles. The molecule has 1 saturated heterocycles. The van der Waals surface area contributed by atoms with E-state index in [9.17, 15) is 5.26 Å². The van der Waals surface area contributed by atoms with Crippen molar-refractivity contribution >= 4 is 44.9 Å². The molecule has 0 radical (unpaired) electrons. The number of nitriles is 1. The molecule has 158 valence electrons. The second-order valence-electron chi connectivity index (χ2n) is 8.31. The number of aryl methyl sites for hydroxylation is 1. The number of anilines is 1. The first kappa shape index (κ1) is 19.1. The summed E-state index contributed by atoms with van der Waals surface area (Å²) in [7, 11) is 0. The molecule has 32 heavy (non-hydrogen) atoms. The fourth-order valence-corrected chi connectivity index (χ4v) is 4.91. The first-order valence-electron chi connectivity index (χ1n) is 10.6. The van der Waals surface area contributed by atoms with Crippen LogP contribution in [0.5, 0.6) is 0 Å². The number of hydrogen-bond acceptors (Lipinski definition) is 6. The summed E-state index contributed by atoms with van der Waals surface area (Å²) in [4.78, 5) is 7.01. The summed E-state index contributed by atoms with van der Waals surface area (Å²) in [6, 6.07) is 14.2. The minimum atomic E-state index is 0.246. The van der Waals surface area contributed by atoms with Crippen LogP contribution in [0.1, 0.15) is 35.8 Å². The number of piperidine rings is 1. The van der Waals surface area contributed by atoms with Crippen molar-refractivity contribution in [1.82, 2.24) is 19.6 Å². The van der Waals surface area contributed by atoms with Crippen molar-refractivity contribution < 1.29 is 4.42 Å². The van der Waals surface area contributed by atoms with E-state index in [-0.39, 0.29) is 5.92 Å². The predicted octanol–water partition coefficient (Wildman–Crippen LogP) is 5.24. The summed E-state index contributed by atoms with van der Waals surface area (Å²) in [5.74, 6) is 1.04. The number of aromatic nitrogens is 4. The zero-order valence-electron chi connectivity index (χ0n) is 17.4. The maximum atomic E-state index is 10.0. The van der Waals surface area contributed by atoms with Crippen molar-refractivity contribution in [3.05, 3.63) is 64.8 Å². The van der Waals surface area contributed by atoms with Crippen molar-refractivity contribution in [3.63, 3.8) is 0 Å². The van der Waals surface area contributed by atoms with E-state index in [0.717, 1.165) is 59.5 Å². The summed E-state index contributed by atoms with van der Waals surface area (Å²) in [5, 5.41) is 19.8. The Morgan fingerprint density at radius 1 is 1.16 bits per heavy atom. The second kappa shape index (κ2) is 7.21. The van der Waals surface area contributed by atoms with Crippen LogP contribution < -0.4 is 4.90 Å². The molecule has 5 aromatic rings. The lowest BCUT2D eigenvalue weighted by atomic mass is 9.95. The van der Waals surface area contributed by atoms with Crippen LogP contribution >= 0.6 is 11.6 Å². The number of nitrogens with zero attached hydrogens (tertiary/aromatic N) is 6. The monoisotopic (exact) mass is 442 g/mol. The zero-order chi connectivity index (χ0) is 21.8. The Hall–Kier alpha value is -3.63. The van der Waals surface area contributed by atoms with E-state index >= 15 is 0 Å². The molecule has 1 aliphatic heterocycles. The van der Waals surface area contributed by atoms with Gasteiger partial charge >= 0.3 is 0 Å². The molecule has 0 atom stereocenters. The molecule has 4 heterocycles. The first-order valence-corrected chi connectivity index (χ1v) is 11.0. The number of hydrogen-bond donors (Lipinski definition) is 0. The van der Waals surface area contributed by atoms with Crippen LogP contribution in [-0.4, -0.2) is 32.7 Å². The van der Waals surface area contributed by atoms with Crippen LogP contribution in [0.4, 0.5) is 5.69 Å². The lowest BCUT2D eigenvalue weighted by molar-refractivity contribution is 0.407. The smallest absolute Gasteiger partial charge is 0.198 e. The number of fused-ring (bicyclic) bond motifs is 4. The van der Waals surface area contributed by atoms with Gasteiger partial charge in [-0.15, -0.1) is 10.2 Å². The molecule has 3 aromatic heterocycles. The Balaban J connectivity index is 1.38. The Bertz CT molecular complexity index is 1540. The van der Waals surface area contributed by atoms with Crippen molar-refractivity contribution in [1.29, 1.82) is 5.26 Å². The average molecular weight is 443 g/mol. The van der Waals surface area contributed by atoms with Crippen LogP contribution in [0.3, 0.4) is 0 Å². The molecule has 0 amide bonds. The highest BCUT2D eigenvalue weighted by Gasteiger charge is 2.28. The normalized spacial score (nSPS) is 15.1. The minimum absolute atomic E-state index is 0.246. The van der Waals surface area contributed by atoms with Gasteiger partial charge in [0, 0.05) is 29.4 Å². The second-order valence-corrected chi connectivity index (χ2v) is 8.74. The largest absolute Gasteiger partial charge is 0.440 e. The molecule has 0 aliphatic carbocycles. The van der Waals surface area contributed by atoms with Crippen molar-refractivity contribution in [2.24, 2.45) is 0 Å². The highest BCUT2D eigenvalue weighted by atomic mass is 35.5. The molecule has 6 rings (SSSR count). The third kappa shape index (κ3) is 2.91. The minimum Gasteiger partial charge on any atom is -0.440 e. The number of oxazole rings is 1. The predicted molar refractivity (Wildman–Crippen MR) is 123 cm³/mol. The molecule has 1 fully saturated rings. The Morgan fingerprint density at radius 2 is 2.00 bits per heavy atom. The van der Waals surface area contributed by atoms with Crippen molar-refractivity contribution in [3.8, 4) is 6.07 Å². The molecule has 0 bridgehead atoms. The third-order valence-corrected chi connectivity index (χ3v) is 6.55. The Labute approximate surface area is 188 Å². The number of pyridine rings is 1. The van der Waals surface area contributed by atoms with E-state index in [0.29, 0.717) is 16.2 Å². The summed E-state index contributed by atoms with van der Waals surface area (Å²) >= 11 is 6.34. The van der Waals surface area contributed by atoms with Crippen LogP contribution in [0.2, 0.25) is 5.02 Å². The van der Waals surface area contributed by atoms with Gasteiger partial charge in [0.1, 0.15) is 23.5 Å². The average Bonchev–Trinajstić information content (AvgIpc) is 3.45. The molecule has 8 heteroatoms. The molecule has 2 aromatic carbocycles. The van der Waals surface area contributed by atoms with Gasteiger partial charge in [0.15, 0.2) is 17.1 Å². The quantitative estimate of drug-likeness (QED) is 0.371. The molecule has 1 aliphatic rings. The SMILES string of the molecule is Cc1ccc2oc(C3CCN(c4c(C#N)c5nncn5c5ccc(Cl)cc45)CC3)nc2c1. The highest BCUT2D eigenvalue weighted by molar-refractivity contribution is 6.31. The van der Waals surface area contributed by atoms with Gasteiger partial charge in [-0.1, -0.05) is 17.7 Å². The van der Waals surface area contributed by atoms with Crippen molar-refractivity contribution in [2.75, 3.05) is 18.0 Å². The van der Waals surface area contributed by atoms with Crippen molar-refractivity contribution in [2.45, 2.75) is 25.7 Å². The maximum Gasteiger partial charge on any atom is 0.198 e. The van der Waals surface area contributed by atoms with E-state index in [1.165, 1.54) is 5.56 Å². The molecular weight excluding hydrogens is 424 g/mol. The first-order chi connectivity index (χ1) is 15.6. The van der Waals surface area contributed by atoms with E-state index in [4.69, 9.17) is 21.0 Å². The number of halogens is 1. The standard InChI is InChI=1S/C24H19ClN6O/c1-14-2-5-21-19(10-14)28-24(32-21)15-6-8-30(9-7-15)22-17-11-16(25)3-4-20(17)31-13-27-29-23(31)18(22)12-26/h2-5,10-11,13,15H,6-9H2,1H3. The molecule has 0 spiro atoms. The van der Waals surface area contributed by atoms with Crippen LogP contribution in [0.25, 0.3) is 27.6 Å². The third-order valence-electron chi connectivity index (χ3n) is 6.31. The summed E-state index contributed by atoms with van der Waals surface area (Å²) in [6.07, 6.45) is 3.41. The van der Waals surface area contributed by atoms with Crippen LogP contribution in [-0.2, 0) is 0 Å². The summed E-state index contributed by atoms with van der Waals surface area (Å²) in [6.45, 7) is 3.62. The van der Waals surface area contributed by atoms with Gasteiger partial charge in [-0.05, 0) is 55.7 Å². The van der Waals surface area contributed by atoms with Crippen LogP contribution in [0, 0.1) is 18.3 Å². The molecule has 0 unspecified atom stereocenters. The summed E-state index contributed by atoms with van der Waals surface area (Å²) in [5.41, 5.74) is 5.80. The van der Waals surface area contributed by atoms with Gasteiger partial charge in [-0.25, -0.2) is 4.98 Å².